The molecule has 0 saturated carbocycles. The van der Waals surface area contributed by atoms with Crippen molar-refractivity contribution < 1.29 is 5.11 Å². The number of hydrogen-bond donors (Lipinski definition) is 1. The number of pyridine rings is 1. The van der Waals surface area contributed by atoms with Gasteiger partial charge >= 0.3 is 0 Å². The summed E-state index contributed by atoms with van der Waals surface area (Å²) in [5, 5.41) is 12.9. The summed E-state index contributed by atoms with van der Waals surface area (Å²) in [4.78, 5) is 6.88. The van der Waals surface area contributed by atoms with Gasteiger partial charge in [-0.3, -0.25) is 0 Å². The maximum Gasteiger partial charge on any atom is 0.136 e. The zero-order chi connectivity index (χ0) is 13.2. The van der Waals surface area contributed by atoms with Crippen LogP contribution in [0.15, 0.2) is 30.5 Å². The Morgan fingerprint density at radius 1 is 1.37 bits per heavy atom. The van der Waals surface area contributed by atoms with Crippen LogP contribution < -0.4 is 4.90 Å². The first-order valence-corrected chi connectivity index (χ1v) is 7.78. The van der Waals surface area contributed by atoms with E-state index < -0.39 is 0 Å². The van der Waals surface area contributed by atoms with E-state index in [-0.39, 0.29) is 0 Å². The average molecular weight is 321 g/mol. The summed E-state index contributed by atoms with van der Waals surface area (Å²) in [6, 6.07) is 7.48. The molecule has 1 aliphatic heterocycles. The molecule has 1 aromatic carbocycles. The molecule has 2 aromatic rings. The van der Waals surface area contributed by atoms with Crippen molar-refractivity contribution in [3.05, 3.63) is 30.5 Å². The Balaban J connectivity index is 2.02. The summed E-state index contributed by atoms with van der Waals surface area (Å²) in [7, 11) is 0. The lowest BCUT2D eigenvalue weighted by atomic mass is 9.99. The first kappa shape index (κ1) is 12.7. The third-order valence-electron chi connectivity index (χ3n) is 3.77. The second kappa shape index (κ2) is 5.37. The van der Waals surface area contributed by atoms with E-state index in [1.54, 1.807) is 6.07 Å². The summed E-state index contributed by atoms with van der Waals surface area (Å²) in [6.45, 7) is 2.08. The van der Waals surface area contributed by atoms with Crippen molar-refractivity contribution in [2.45, 2.75) is 12.8 Å². The van der Waals surface area contributed by atoms with Crippen LogP contribution >= 0.6 is 15.9 Å². The van der Waals surface area contributed by atoms with Crippen molar-refractivity contribution in [1.29, 1.82) is 0 Å². The van der Waals surface area contributed by atoms with E-state index in [2.05, 4.69) is 25.8 Å². The van der Waals surface area contributed by atoms with Crippen LogP contribution in [-0.2, 0) is 0 Å². The Morgan fingerprint density at radius 3 is 3.11 bits per heavy atom. The van der Waals surface area contributed by atoms with E-state index in [0.29, 0.717) is 11.7 Å². The van der Waals surface area contributed by atoms with Crippen LogP contribution in [0.25, 0.3) is 10.8 Å². The SMILES string of the molecule is Oc1ccc2ccnc(N3CCCC(CBr)C3)c2c1. The van der Waals surface area contributed by atoms with Gasteiger partial charge in [-0.1, -0.05) is 22.0 Å². The Labute approximate surface area is 121 Å². The molecule has 0 bridgehead atoms. The van der Waals surface area contributed by atoms with E-state index in [1.165, 1.54) is 12.8 Å². The Kier molecular flexibility index (Phi) is 3.60. The molecule has 1 unspecified atom stereocenters. The van der Waals surface area contributed by atoms with E-state index in [4.69, 9.17) is 0 Å². The first-order valence-electron chi connectivity index (χ1n) is 6.66. The number of phenols is 1. The maximum absolute atomic E-state index is 9.70. The van der Waals surface area contributed by atoms with Crippen molar-refractivity contribution in [3.63, 3.8) is 0 Å². The quantitative estimate of drug-likeness (QED) is 0.860. The second-order valence-corrected chi connectivity index (χ2v) is 5.80. The highest BCUT2D eigenvalue weighted by molar-refractivity contribution is 9.09. The molecule has 1 fully saturated rings. The molecule has 3 nitrogen and oxygen atoms in total. The molecular weight excluding hydrogens is 304 g/mol. The van der Waals surface area contributed by atoms with Gasteiger partial charge in [0.15, 0.2) is 0 Å². The summed E-state index contributed by atoms with van der Waals surface area (Å²) in [5.41, 5.74) is 0. The lowest BCUT2D eigenvalue weighted by molar-refractivity contribution is 0.453. The smallest absolute Gasteiger partial charge is 0.136 e. The van der Waals surface area contributed by atoms with Gasteiger partial charge in [0, 0.05) is 30.0 Å². The van der Waals surface area contributed by atoms with Gasteiger partial charge in [0.05, 0.1) is 0 Å². The minimum absolute atomic E-state index is 0.302. The average Bonchev–Trinajstić information content (AvgIpc) is 2.46. The Morgan fingerprint density at radius 2 is 2.26 bits per heavy atom. The van der Waals surface area contributed by atoms with Crippen LogP contribution in [0.1, 0.15) is 12.8 Å². The van der Waals surface area contributed by atoms with Gasteiger partial charge in [-0.15, -0.1) is 0 Å². The highest BCUT2D eigenvalue weighted by Gasteiger charge is 2.21. The summed E-state index contributed by atoms with van der Waals surface area (Å²) >= 11 is 3.59. The molecule has 1 N–H and O–H groups in total. The molecule has 100 valence electrons. The number of hydrogen-bond acceptors (Lipinski definition) is 3. The van der Waals surface area contributed by atoms with Gasteiger partial charge in [-0.25, -0.2) is 4.98 Å². The number of benzene rings is 1. The van der Waals surface area contributed by atoms with Crippen LogP contribution in [0.4, 0.5) is 5.82 Å². The number of piperidine rings is 1. The fourth-order valence-electron chi connectivity index (χ4n) is 2.78. The normalized spacial score (nSPS) is 19.8. The zero-order valence-electron chi connectivity index (χ0n) is 10.7. The van der Waals surface area contributed by atoms with Gasteiger partial charge in [-0.2, -0.15) is 0 Å². The molecule has 0 aliphatic carbocycles. The molecule has 0 spiro atoms. The number of aromatic hydroxyl groups is 1. The Hall–Kier alpha value is -1.29. The number of rotatable bonds is 2. The van der Waals surface area contributed by atoms with Crippen molar-refractivity contribution in [2.24, 2.45) is 5.92 Å². The van der Waals surface area contributed by atoms with Crippen LogP contribution in [0.2, 0.25) is 0 Å². The van der Waals surface area contributed by atoms with Gasteiger partial charge in [0.2, 0.25) is 0 Å². The predicted molar refractivity (Wildman–Crippen MR) is 82.1 cm³/mol. The molecule has 19 heavy (non-hydrogen) atoms. The summed E-state index contributed by atoms with van der Waals surface area (Å²) in [6.07, 6.45) is 4.33. The van der Waals surface area contributed by atoms with Crippen LogP contribution in [-0.4, -0.2) is 28.5 Å². The van der Waals surface area contributed by atoms with Gasteiger partial charge < -0.3 is 10.0 Å². The third-order valence-corrected chi connectivity index (χ3v) is 4.68. The topological polar surface area (TPSA) is 36.4 Å². The highest BCUT2D eigenvalue weighted by Crippen LogP contribution is 2.30. The van der Waals surface area contributed by atoms with Crippen molar-refractivity contribution in [2.75, 3.05) is 23.3 Å². The standard InChI is InChI=1S/C15H17BrN2O/c16-9-11-2-1-7-18(10-11)15-14-8-13(19)4-3-12(14)5-6-17-15/h3-6,8,11,19H,1-2,7,9-10H2. The molecule has 0 radical (unpaired) electrons. The predicted octanol–water partition coefficient (Wildman–Crippen LogP) is 3.55. The third kappa shape index (κ3) is 2.54. The van der Waals surface area contributed by atoms with Crippen LogP contribution in [0.5, 0.6) is 5.75 Å². The number of aromatic nitrogens is 1. The zero-order valence-corrected chi connectivity index (χ0v) is 12.3. The number of fused-ring (bicyclic) bond motifs is 1. The molecule has 1 saturated heterocycles. The van der Waals surface area contributed by atoms with Crippen molar-refractivity contribution in [1.82, 2.24) is 4.98 Å². The van der Waals surface area contributed by atoms with Gasteiger partial charge in [0.1, 0.15) is 11.6 Å². The minimum atomic E-state index is 0.302. The molecule has 2 heterocycles. The van der Waals surface area contributed by atoms with Crippen LogP contribution in [0.3, 0.4) is 0 Å². The van der Waals surface area contributed by atoms with Crippen LogP contribution in [0, 0.1) is 5.92 Å². The van der Waals surface area contributed by atoms with E-state index in [1.807, 2.05) is 24.4 Å². The molecular formula is C15H17BrN2O. The van der Waals surface area contributed by atoms with Crippen molar-refractivity contribution in [3.8, 4) is 5.75 Å². The molecule has 3 rings (SSSR count). The van der Waals surface area contributed by atoms with Gasteiger partial charge in [0.25, 0.3) is 0 Å². The molecule has 0 amide bonds. The molecule has 1 aromatic heterocycles. The second-order valence-electron chi connectivity index (χ2n) is 5.15. The van der Waals surface area contributed by atoms with E-state index in [9.17, 15) is 5.11 Å². The van der Waals surface area contributed by atoms with Crippen molar-refractivity contribution >= 4 is 32.5 Å². The first-order chi connectivity index (χ1) is 9.28. The number of alkyl halides is 1. The molecule has 1 aliphatic rings. The highest BCUT2D eigenvalue weighted by atomic mass is 79.9. The summed E-state index contributed by atoms with van der Waals surface area (Å²) in [5.74, 6) is 1.98. The Bertz CT molecular complexity index is 587. The summed E-state index contributed by atoms with van der Waals surface area (Å²) < 4.78 is 0. The van der Waals surface area contributed by atoms with E-state index >= 15 is 0 Å². The minimum Gasteiger partial charge on any atom is -0.508 e. The van der Waals surface area contributed by atoms with E-state index in [0.717, 1.165) is 35.0 Å². The molecule has 1 atom stereocenters. The van der Waals surface area contributed by atoms with Gasteiger partial charge in [-0.05, 0) is 42.3 Å². The number of halogens is 1. The lowest BCUT2D eigenvalue weighted by Gasteiger charge is -2.33. The largest absolute Gasteiger partial charge is 0.508 e. The maximum atomic E-state index is 9.70. The fraction of sp³-hybridized carbons (Fsp3) is 0.400. The number of phenolic OH excluding ortho intramolecular Hbond substituents is 1. The fourth-order valence-corrected chi connectivity index (χ4v) is 3.30. The molecule has 4 heteroatoms. The number of anilines is 1. The number of nitrogens with zero attached hydrogens (tertiary/aromatic N) is 2. The monoisotopic (exact) mass is 320 g/mol. The lowest BCUT2D eigenvalue weighted by Crippen LogP contribution is -2.36.